The molecule has 1 unspecified atom stereocenters. The highest BCUT2D eigenvalue weighted by Crippen LogP contribution is 2.27. The Bertz CT molecular complexity index is 391. The van der Waals surface area contributed by atoms with Gasteiger partial charge in [0.05, 0.1) is 6.42 Å². The van der Waals surface area contributed by atoms with E-state index in [1.807, 2.05) is 18.2 Å². The standard InChI is InChI=1S/C12H16BrNO2/c1-7(2)9-4-3-8(5-10(9)13)11(14)6-12(15)16/h3-5,7,11H,6,14H2,1-2H3,(H,15,16). The zero-order valence-electron chi connectivity index (χ0n) is 9.40. The van der Waals surface area contributed by atoms with Crippen molar-refractivity contribution in [1.82, 2.24) is 0 Å². The summed E-state index contributed by atoms with van der Waals surface area (Å²) in [5, 5.41) is 8.67. The van der Waals surface area contributed by atoms with Gasteiger partial charge in [-0.25, -0.2) is 0 Å². The van der Waals surface area contributed by atoms with Gasteiger partial charge in [0.15, 0.2) is 0 Å². The number of carboxylic acids is 1. The third-order valence-corrected chi connectivity index (χ3v) is 3.16. The summed E-state index contributed by atoms with van der Waals surface area (Å²) in [6, 6.07) is 5.35. The van der Waals surface area contributed by atoms with Crippen molar-refractivity contribution in [3.8, 4) is 0 Å². The second-order valence-corrected chi connectivity index (χ2v) is 4.99. The first-order valence-corrected chi connectivity index (χ1v) is 5.97. The second kappa shape index (κ2) is 5.46. The fourth-order valence-corrected chi connectivity index (χ4v) is 2.40. The van der Waals surface area contributed by atoms with Gasteiger partial charge in [0.25, 0.3) is 0 Å². The van der Waals surface area contributed by atoms with E-state index in [-0.39, 0.29) is 6.42 Å². The average Bonchev–Trinajstić information content (AvgIpc) is 2.15. The van der Waals surface area contributed by atoms with Crippen LogP contribution in [0.5, 0.6) is 0 Å². The Morgan fingerprint density at radius 1 is 1.50 bits per heavy atom. The molecule has 0 aromatic heterocycles. The molecule has 3 N–H and O–H groups in total. The predicted octanol–water partition coefficient (Wildman–Crippen LogP) is 3.05. The van der Waals surface area contributed by atoms with Crippen molar-refractivity contribution in [1.29, 1.82) is 0 Å². The van der Waals surface area contributed by atoms with Gasteiger partial charge in [0, 0.05) is 10.5 Å². The van der Waals surface area contributed by atoms with Gasteiger partial charge in [-0.15, -0.1) is 0 Å². The van der Waals surface area contributed by atoms with Crippen LogP contribution >= 0.6 is 15.9 Å². The molecule has 88 valence electrons. The van der Waals surface area contributed by atoms with Gasteiger partial charge < -0.3 is 10.8 Å². The predicted molar refractivity (Wildman–Crippen MR) is 67.4 cm³/mol. The summed E-state index contributed by atoms with van der Waals surface area (Å²) >= 11 is 3.48. The summed E-state index contributed by atoms with van der Waals surface area (Å²) in [6.07, 6.45) is -0.0481. The molecule has 1 aromatic rings. The van der Waals surface area contributed by atoms with Crippen molar-refractivity contribution in [2.24, 2.45) is 5.73 Å². The molecule has 16 heavy (non-hydrogen) atoms. The molecule has 0 saturated carbocycles. The third-order valence-electron chi connectivity index (χ3n) is 2.47. The first kappa shape index (κ1) is 13.2. The van der Waals surface area contributed by atoms with Gasteiger partial charge in [-0.3, -0.25) is 4.79 Å². The highest BCUT2D eigenvalue weighted by molar-refractivity contribution is 9.10. The monoisotopic (exact) mass is 285 g/mol. The minimum absolute atomic E-state index is 0.0481. The number of nitrogens with two attached hydrogens (primary N) is 1. The number of carbonyl (C=O) groups is 1. The highest BCUT2D eigenvalue weighted by Gasteiger charge is 2.12. The molecule has 0 fully saturated rings. The quantitative estimate of drug-likeness (QED) is 0.894. The smallest absolute Gasteiger partial charge is 0.305 e. The molecule has 3 nitrogen and oxygen atoms in total. The number of halogens is 1. The Morgan fingerprint density at radius 2 is 2.12 bits per heavy atom. The molecule has 0 bridgehead atoms. The van der Waals surface area contributed by atoms with E-state index in [0.29, 0.717) is 5.92 Å². The lowest BCUT2D eigenvalue weighted by Crippen LogP contribution is -2.15. The molecule has 1 atom stereocenters. The van der Waals surface area contributed by atoms with Crippen molar-refractivity contribution in [2.45, 2.75) is 32.2 Å². The summed E-state index contributed by atoms with van der Waals surface area (Å²) < 4.78 is 0.987. The largest absolute Gasteiger partial charge is 0.481 e. The lowest BCUT2D eigenvalue weighted by Gasteiger charge is -2.13. The van der Waals surface area contributed by atoms with E-state index in [2.05, 4.69) is 29.8 Å². The lowest BCUT2D eigenvalue weighted by molar-refractivity contribution is -0.137. The van der Waals surface area contributed by atoms with Gasteiger partial charge in [0.2, 0.25) is 0 Å². The van der Waals surface area contributed by atoms with Crippen LogP contribution in [0.15, 0.2) is 22.7 Å². The zero-order valence-corrected chi connectivity index (χ0v) is 11.0. The molecule has 4 heteroatoms. The number of rotatable bonds is 4. The molecule has 1 rings (SSSR count). The summed E-state index contributed by atoms with van der Waals surface area (Å²) in [6.45, 7) is 4.22. The minimum Gasteiger partial charge on any atom is -0.481 e. The van der Waals surface area contributed by atoms with E-state index >= 15 is 0 Å². The molecular formula is C12H16BrNO2. The maximum atomic E-state index is 10.6. The number of hydrogen-bond acceptors (Lipinski definition) is 2. The van der Waals surface area contributed by atoms with Gasteiger partial charge in [-0.1, -0.05) is 41.9 Å². The van der Waals surface area contributed by atoms with Crippen molar-refractivity contribution < 1.29 is 9.90 Å². The Morgan fingerprint density at radius 3 is 2.56 bits per heavy atom. The van der Waals surface area contributed by atoms with Crippen molar-refractivity contribution in [3.05, 3.63) is 33.8 Å². The van der Waals surface area contributed by atoms with Gasteiger partial charge >= 0.3 is 5.97 Å². The molecule has 0 radical (unpaired) electrons. The number of hydrogen-bond donors (Lipinski definition) is 2. The van der Waals surface area contributed by atoms with Gasteiger partial charge in [0.1, 0.15) is 0 Å². The van der Waals surface area contributed by atoms with Crippen LogP contribution in [0.1, 0.15) is 43.4 Å². The minimum atomic E-state index is -0.878. The maximum absolute atomic E-state index is 10.6. The van der Waals surface area contributed by atoms with E-state index in [9.17, 15) is 4.79 Å². The Balaban J connectivity index is 2.92. The van der Waals surface area contributed by atoms with Gasteiger partial charge in [-0.05, 0) is 23.1 Å². The van der Waals surface area contributed by atoms with Crippen molar-refractivity contribution in [2.75, 3.05) is 0 Å². The van der Waals surface area contributed by atoms with Crippen molar-refractivity contribution >= 4 is 21.9 Å². The zero-order chi connectivity index (χ0) is 12.3. The van der Waals surface area contributed by atoms with E-state index in [0.717, 1.165) is 10.0 Å². The lowest BCUT2D eigenvalue weighted by atomic mass is 9.98. The maximum Gasteiger partial charge on any atom is 0.305 e. The molecule has 0 amide bonds. The molecule has 0 heterocycles. The van der Waals surface area contributed by atoms with Gasteiger partial charge in [-0.2, -0.15) is 0 Å². The molecule has 1 aromatic carbocycles. The van der Waals surface area contributed by atoms with Crippen LogP contribution in [-0.4, -0.2) is 11.1 Å². The topological polar surface area (TPSA) is 63.3 Å². The van der Waals surface area contributed by atoms with Crippen LogP contribution in [-0.2, 0) is 4.79 Å². The summed E-state index contributed by atoms with van der Waals surface area (Å²) in [5.74, 6) is -0.448. The number of benzene rings is 1. The molecule has 0 aliphatic heterocycles. The number of aliphatic carboxylic acids is 1. The Kier molecular flexibility index (Phi) is 4.50. The Labute approximate surface area is 104 Å². The van der Waals surface area contributed by atoms with E-state index in [1.54, 1.807) is 0 Å². The first-order chi connectivity index (χ1) is 7.41. The molecule has 0 aliphatic rings. The summed E-state index contributed by atoms with van der Waals surface area (Å²) in [4.78, 5) is 10.6. The van der Waals surface area contributed by atoms with E-state index < -0.39 is 12.0 Å². The first-order valence-electron chi connectivity index (χ1n) is 5.18. The fraction of sp³-hybridized carbons (Fsp3) is 0.417. The van der Waals surface area contributed by atoms with Crippen LogP contribution in [0.3, 0.4) is 0 Å². The highest BCUT2D eigenvalue weighted by atomic mass is 79.9. The van der Waals surface area contributed by atoms with Crippen LogP contribution in [0.4, 0.5) is 0 Å². The molecule has 0 saturated heterocycles. The second-order valence-electron chi connectivity index (χ2n) is 4.14. The van der Waals surface area contributed by atoms with Crippen LogP contribution in [0, 0.1) is 0 Å². The molecule has 0 spiro atoms. The summed E-state index contributed by atoms with van der Waals surface area (Å²) in [5.41, 5.74) is 7.84. The molecule has 0 aliphatic carbocycles. The fourth-order valence-electron chi connectivity index (χ4n) is 1.55. The van der Waals surface area contributed by atoms with E-state index in [1.165, 1.54) is 5.56 Å². The van der Waals surface area contributed by atoms with Crippen LogP contribution in [0.25, 0.3) is 0 Å². The summed E-state index contributed by atoms with van der Waals surface area (Å²) in [7, 11) is 0. The average molecular weight is 286 g/mol. The Hall–Kier alpha value is -0.870. The van der Waals surface area contributed by atoms with Crippen molar-refractivity contribution in [3.63, 3.8) is 0 Å². The van der Waals surface area contributed by atoms with Crippen LogP contribution < -0.4 is 5.73 Å². The SMILES string of the molecule is CC(C)c1ccc(C(N)CC(=O)O)cc1Br. The van der Waals surface area contributed by atoms with E-state index in [4.69, 9.17) is 10.8 Å². The third kappa shape index (κ3) is 3.32. The van der Waals surface area contributed by atoms with Crippen LogP contribution in [0.2, 0.25) is 0 Å². The normalized spacial score (nSPS) is 12.8. The molecular weight excluding hydrogens is 270 g/mol. The number of carboxylic acid groups (broad SMARTS) is 1.